The average Bonchev–Trinajstić information content (AvgIpc) is 2.50. The zero-order valence-electron chi connectivity index (χ0n) is 15.3. The molecule has 0 aromatic rings. The molecule has 2 N–H and O–H groups in total. The van der Waals surface area contributed by atoms with E-state index in [1.54, 1.807) is 0 Å². The molecule has 0 aliphatic rings. The lowest BCUT2D eigenvalue weighted by Gasteiger charge is -2.03. The summed E-state index contributed by atoms with van der Waals surface area (Å²) in [6, 6.07) is 0. The number of hydrogen-bond acceptors (Lipinski definition) is 0. The summed E-state index contributed by atoms with van der Waals surface area (Å²) in [5, 5.41) is 0. The summed E-state index contributed by atoms with van der Waals surface area (Å²) < 4.78 is 0. The van der Waals surface area contributed by atoms with Gasteiger partial charge < -0.3 is 5.48 Å². The van der Waals surface area contributed by atoms with Crippen molar-refractivity contribution in [2.45, 2.75) is 122 Å². The molecule has 0 aromatic heterocycles. The van der Waals surface area contributed by atoms with E-state index in [0.717, 1.165) is 5.88 Å². The van der Waals surface area contributed by atoms with Gasteiger partial charge in [0.15, 0.2) is 0 Å². The summed E-state index contributed by atoms with van der Waals surface area (Å²) in [6.45, 7) is 2.29. The van der Waals surface area contributed by atoms with Crippen molar-refractivity contribution in [3.63, 3.8) is 0 Å². The minimum absolute atomic E-state index is 0. The van der Waals surface area contributed by atoms with E-state index in [-0.39, 0.29) is 5.48 Å². The van der Waals surface area contributed by atoms with Gasteiger partial charge in [0.05, 0.1) is 0 Å². The van der Waals surface area contributed by atoms with Crippen LogP contribution in [0, 0.1) is 0 Å². The van der Waals surface area contributed by atoms with E-state index in [1.165, 1.54) is 116 Å². The first-order chi connectivity index (χ1) is 10.4. The lowest BCUT2D eigenvalue weighted by molar-refractivity contribution is 0.526. The minimum atomic E-state index is 0. The van der Waals surface area contributed by atoms with Gasteiger partial charge in [-0.2, -0.15) is 0 Å². The number of alkyl halides is 1. The second kappa shape index (κ2) is 23.5. The Kier molecular flexibility index (Phi) is 26.2. The molecule has 0 rings (SSSR count). The van der Waals surface area contributed by atoms with Crippen LogP contribution in [-0.4, -0.2) is 11.4 Å². The van der Waals surface area contributed by atoms with E-state index in [0.29, 0.717) is 0 Å². The lowest BCUT2D eigenvalue weighted by atomic mass is 10.0. The SMILES string of the molecule is CCCCCCCCCCCCCCCCCCCCCl.O. The first kappa shape index (κ1) is 24.5. The van der Waals surface area contributed by atoms with Crippen LogP contribution >= 0.6 is 11.6 Å². The quantitative estimate of drug-likeness (QED) is 0.184. The van der Waals surface area contributed by atoms with E-state index >= 15 is 0 Å². The Hall–Kier alpha value is 0.250. The van der Waals surface area contributed by atoms with E-state index in [2.05, 4.69) is 6.92 Å². The van der Waals surface area contributed by atoms with Gasteiger partial charge in [-0.1, -0.05) is 116 Å². The fraction of sp³-hybridized carbons (Fsp3) is 1.00. The molecule has 0 aromatic carbocycles. The van der Waals surface area contributed by atoms with Crippen LogP contribution in [-0.2, 0) is 0 Å². The van der Waals surface area contributed by atoms with Crippen LogP contribution in [0.1, 0.15) is 122 Å². The zero-order chi connectivity index (χ0) is 15.4. The van der Waals surface area contributed by atoms with Crippen molar-refractivity contribution in [3.05, 3.63) is 0 Å². The van der Waals surface area contributed by atoms with Crippen LogP contribution in [0.25, 0.3) is 0 Å². The van der Waals surface area contributed by atoms with Crippen molar-refractivity contribution in [3.8, 4) is 0 Å². The van der Waals surface area contributed by atoms with Crippen LogP contribution < -0.4 is 0 Å². The van der Waals surface area contributed by atoms with Gasteiger partial charge in [-0.3, -0.25) is 0 Å². The molecule has 0 saturated carbocycles. The van der Waals surface area contributed by atoms with Crippen molar-refractivity contribution in [2.75, 3.05) is 5.88 Å². The Morgan fingerprint density at radius 3 is 0.864 bits per heavy atom. The molecule has 0 spiro atoms. The summed E-state index contributed by atoms with van der Waals surface area (Å²) in [6.07, 6.45) is 25.8. The van der Waals surface area contributed by atoms with Crippen molar-refractivity contribution >= 4 is 11.6 Å². The van der Waals surface area contributed by atoms with Crippen molar-refractivity contribution in [1.29, 1.82) is 0 Å². The molecule has 0 saturated heterocycles. The van der Waals surface area contributed by atoms with Crippen LogP contribution in [0.4, 0.5) is 0 Å². The molecular weight excluding hydrogens is 292 g/mol. The Morgan fingerprint density at radius 2 is 0.636 bits per heavy atom. The highest BCUT2D eigenvalue weighted by molar-refractivity contribution is 6.17. The predicted molar refractivity (Wildman–Crippen MR) is 103 cm³/mol. The molecule has 0 unspecified atom stereocenters. The first-order valence-electron chi connectivity index (χ1n) is 9.97. The molecule has 1 nitrogen and oxygen atoms in total. The zero-order valence-corrected chi connectivity index (χ0v) is 16.1. The Morgan fingerprint density at radius 1 is 0.409 bits per heavy atom. The first-order valence-corrected chi connectivity index (χ1v) is 10.5. The monoisotopic (exact) mass is 334 g/mol. The van der Waals surface area contributed by atoms with E-state index in [1.807, 2.05) is 0 Å². The van der Waals surface area contributed by atoms with Gasteiger partial charge >= 0.3 is 0 Å². The Bertz CT molecular complexity index is 155. The third kappa shape index (κ3) is 22.5. The summed E-state index contributed by atoms with van der Waals surface area (Å²) >= 11 is 5.67. The molecule has 0 aliphatic heterocycles. The van der Waals surface area contributed by atoms with Gasteiger partial charge in [-0.05, 0) is 6.42 Å². The lowest BCUT2D eigenvalue weighted by Crippen LogP contribution is -1.84. The largest absolute Gasteiger partial charge is 0.412 e. The second-order valence-corrected chi connectivity index (χ2v) is 7.08. The third-order valence-corrected chi connectivity index (χ3v) is 4.75. The summed E-state index contributed by atoms with van der Waals surface area (Å²) in [7, 11) is 0. The molecular formula is C20H43ClO. The van der Waals surface area contributed by atoms with Crippen LogP contribution in [0.15, 0.2) is 0 Å². The Labute approximate surface area is 145 Å². The van der Waals surface area contributed by atoms with E-state index in [9.17, 15) is 0 Å². The molecule has 0 radical (unpaired) electrons. The number of hydrogen-bond donors (Lipinski definition) is 0. The second-order valence-electron chi connectivity index (χ2n) is 6.70. The molecule has 22 heavy (non-hydrogen) atoms. The highest BCUT2D eigenvalue weighted by Gasteiger charge is 1.94. The maximum Gasteiger partial charge on any atom is 0.0223 e. The van der Waals surface area contributed by atoms with Gasteiger partial charge in [0.2, 0.25) is 0 Å². The fourth-order valence-electron chi connectivity index (χ4n) is 3.00. The molecule has 0 fully saturated rings. The standard InChI is InChI=1S/C20H41Cl.H2O/c1-2-3-4-5-6-7-8-9-10-11-12-13-14-15-16-17-18-19-20-21;/h2-20H2,1H3;1H2. The highest BCUT2D eigenvalue weighted by atomic mass is 35.5. The molecule has 0 atom stereocenters. The van der Waals surface area contributed by atoms with E-state index < -0.39 is 0 Å². The Balaban J connectivity index is 0. The van der Waals surface area contributed by atoms with Crippen molar-refractivity contribution in [2.24, 2.45) is 0 Å². The smallest absolute Gasteiger partial charge is 0.0223 e. The molecule has 0 heterocycles. The van der Waals surface area contributed by atoms with Crippen LogP contribution in [0.3, 0.4) is 0 Å². The van der Waals surface area contributed by atoms with Crippen molar-refractivity contribution < 1.29 is 5.48 Å². The maximum absolute atomic E-state index is 5.67. The minimum Gasteiger partial charge on any atom is -0.412 e. The van der Waals surface area contributed by atoms with Gasteiger partial charge in [0.25, 0.3) is 0 Å². The topological polar surface area (TPSA) is 31.5 Å². The molecule has 0 amide bonds. The summed E-state index contributed by atoms with van der Waals surface area (Å²) in [5.41, 5.74) is 0. The van der Waals surface area contributed by atoms with Crippen LogP contribution in [0.2, 0.25) is 0 Å². The highest BCUT2D eigenvalue weighted by Crippen LogP contribution is 2.14. The van der Waals surface area contributed by atoms with E-state index in [4.69, 9.17) is 11.6 Å². The van der Waals surface area contributed by atoms with Gasteiger partial charge in [-0.25, -0.2) is 0 Å². The molecule has 0 bridgehead atoms. The summed E-state index contributed by atoms with van der Waals surface area (Å²) in [5.74, 6) is 0.846. The summed E-state index contributed by atoms with van der Waals surface area (Å²) in [4.78, 5) is 0. The predicted octanol–water partition coefficient (Wildman–Crippen LogP) is 7.44. The number of rotatable bonds is 18. The normalized spacial score (nSPS) is 10.6. The van der Waals surface area contributed by atoms with Crippen molar-refractivity contribution in [1.82, 2.24) is 0 Å². The van der Waals surface area contributed by atoms with Gasteiger partial charge in [0.1, 0.15) is 0 Å². The molecule has 2 heteroatoms. The number of halogens is 1. The van der Waals surface area contributed by atoms with Gasteiger partial charge in [-0.15, -0.1) is 11.6 Å². The van der Waals surface area contributed by atoms with Gasteiger partial charge in [0, 0.05) is 5.88 Å². The number of unbranched alkanes of at least 4 members (excludes halogenated alkanes) is 17. The molecule has 0 aliphatic carbocycles. The van der Waals surface area contributed by atoms with Crippen LogP contribution in [0.5, 0.6) is 0 Å². The maximum atomic E-state index is 5.67. The fourth-order valence-corrected chi connectivity index (χ4v) is 3.19. The average molecular weight is 335 g/mol. The third-order valence-electron chi connectivity index (χ3n) is 4.49. The molecule has 136 valence electrons.